The van der Waals surface area contributed by atoms with Crippen LogP contribution in [0.5, 0.6) is 0 Å². The average molecular weight is 409 g/mol. The van der Waals surface area contributed by atoms with E-state index in [2.05, 4.69) is 39.3 Å². The molecule has 1 aliphatic rings. The van der Waals surface area contributed by atoms with Gasteiger partial charge in [-0.3, -0.25) is 10.1 Å². The summed E-state index contributed by atoms with van der Waals surface area (Å²) in [7, 11) is 0. The molecule has 0 unspecified atom stereocenters. The van der Waals surface area contributed by atoms with Crippen LogP contribution in [-0.4, -0.2) is 25.7 Å². The molecule has 0 saturated heterocycles. The van der Waals surface area contributed by atoms with Crippen molar-refractivity contribution < 1.29 is 4.79 Å². The maximum Gasteiger partial charge on any atom is 0.230 e. The number of hydrogen-bond acceptors (Lipinski definition) is 6. The fourth-order valence-corrected chi connectivity index (χ4v) is 4.49. The van der Waals surface area contributed by atoms with Crippen molar-refractivity contribution in [3.8, 4) is 0 Å². The molecule has 6 nitrogen and oxygen atoms in total. The van der Waals surface area contributed by atoms with Gasteiger partial charge in [0, 0.05) is 11.8 Å². The number of rotatable bonds is 3. The molecule has 5 rings (SSSR count). The van der Waals surface area contributed by atoms with Gasteiger partial charge in [-0.15, -0.1) is 0 Å². The number of ketones is 1. The van der Waals surface area contributed by atoms with Crippen molar-refractivity contribution in [3.05, 3.63) is 82.3 Å². The summed E-state index contributed by atoms with van der Waals surface area (Å²) in [6.45, 7) is 5.91. The van der Waals surface area contributed by atoms with Crippen molar-refractivity contribution in [2.75, 3.05) is 5.32 Å². The zero-order chi connectivity index (χ0) is 21.5. The van der Waals surface area contributed by atoms with Gasteiger partial charge in [0.15, 0.2) is 5.78 Å². The second kappa shape index (κ2) is 7.54. The Balaban J connectivity index is 1.51. The van der Waals surface area contributed by atoms with Gasteiger partial charge >= 0.3 is 0 Å². The minimum atomic E-state index is 0.108. The molecule has 0 fully saturated rings. The van der Waals surface area contributed by atoms with Crippen LogP contribution in [0, 0.1) is 20.8 Å². The van der Waals surface area contributed by atoms with Crippen LogP contribution in [0.1, 0.15) is 50.9 Å². The summed E-state index contributed by atoms with van der Waals surface area (Å²) in [6, 6.07) is 16.1. The third-order valence-electron chi connectivity index (χ3n) is 5.96. The van der Waals surface area contributed by atoms with Crippen LogP contribution in [0.4, 0.5) is 11.9 Å². The highest BCUT2D eigenvalue weighted by Gasteiger charge is 2.30. The number of carbonyl (C=O) groups excluding carboxylic acids is 1. The number of anilines is 2. The monoisotopic (exact) mass is 409 g/mol. The van der Waals surface area contributed by atoms with Gasteiger partial charge in [0.1, 0.15) is 0 Å². The van der Waals surface area contributed by atoms with Crippen molar-refractivity contribution in [3.63, 3.8) is 0 Å². The molecule has 1 atom stereocenters. The van der Waals surface area contributed by atoms with Crippen molar-refractivity contribution in [2.45, 2.75) is 39.5 Å². The fraction of sp³-hybridized carbons (Fsp3) is 0.240. The first-order valence-electron chi connectivity index (χ1n) is 10.5. The van der Waals surface area contributed by atoms with Crippen LogP contribution < -0.4 is 5.32 Å². The fourth-order valence-electron chi connectivity index (χ4n) is 4.49. The Kier molecular flexibility index (Phi) is 4.70. The summed E-state index contributed by atoms with van der Waals surface area (Å²) < 4.78 is 0. The molecule has 31 heavy (non-hydrogen) atoms. The van der Waals surface area contributed by atoms with Crippen molar-refractivity contribution in [2.24, 2.45) is 0 Å². The number of Topliss-reactive ketones (excluding diaryl/α,β-unsaturated/α-hetero) is 1. The highest BCUT2D eigenvalue weighted by Crippen LogP contribution is 2.34. The van der Waals surface area contributed by atoms with Crippen LogP contribution in [-0.2, 0) is 6.42 Å². The van der Waals surface area contributed by atoms with E-state index in [0.717, 1.165) is 22.3 Å². The van der Waals surface area contributed by atoms with Gasteiger partial charge in [-0.05, 0) is 50.3 Å². The first kappa shape index (κ1) is 19.3. The van der Waals surface area contributed by atoms with Crippen molar-refractivity contribution in [1.82, 2.24) is 19.9 Å². The molecule has 6 heteroatoms. The Morgan fingerprint density at radius 2 is 1.52 bits per heavy atom. The maximum absolute atomic E-state index is 12.9. The number of aryl methyl sites for hydroxylation is 3. The molecule has 2 heterocycles. The Labute approximate surface area is 180 Å². The normalized spacial score (nSPS) is 15.7. The van der Waals surface area contributed by atoms with E-state index in [0.29, 0.717) is 36.0 Å². The Morgan fingerprint density at radius 3 is 2.35 bits per heavy atom. The first-order valence-corrected chi connectivity index (χ1v) is 10.5. The topological polar surface area (TPSA) is 80.7 Å². The van der Waals surface area contributed by atoms with Crippen molar-refractivity contribution in [1.29, 1.82) is 0 Å². The Hall–Kier alpha value is -3.67. The lowest BCUT2D eigenvalue weighted by atomic mass is 9.80. The molecule has 0 saturated carbocycles. The first-order chi connectivity index (χ1) is 15.0. The van der Waals surface area contributed by atoms with E-state index in [-0.39, 0.29) is 11.7 Å². The Morgan fingerprint density at radius 1 is 0.806 bits per heavy atom. The van der Waals surface area contributed by atoms with E-state index in [1.807, 2.05) is 50.2 Å². The van der Waals surface area contributed by atoms with Gasteiger partial charge in [-0.25, -0.2) is 19.9 Å². The van der Waals surface area contributed by atoms with Crippen LogP contribution in [0.15, 0.2) is 48.5 Å². The second-order valence-electron chi connectivity index (χ2n) is 8.11. The zero-order valence-electron chi connectivity index (χ0n) is 17.8. The molecule has 2 aromatic heterocycles. The highest BCUT2D eigenvalue weighted by molar-refractivity contribution is 5.99. The number of para-hydroxylation sites is 1. The van der Waals surface area contributed by atoms with Gasteiger partial charge in [-0.2, -0.15) is 0 Å². The minimum absolute atomic E-state index is 0.108. The van der Waals surface area contributed by atoms with E-state index in [4.69, 9.17) is 4.98 Å². The molecule has 4 aromatic rings. The van der Waals surface area contributed by atoms with Crippen LogP contribution in [0.2, 0.25) is 0 Å². The average Bonchev–Trinajstić information content (AvgIpc) is 2.73. The van der Waals surface area contributed by atoms with Crippen LogP contribution in [0.3, 0.4) is 0 Å². The number of nitrogens with one attached hydrogen (secondary N) is 1. The maximum atomic E-state index is 12.9. The van der Waals surface area contributed by atoms with E-state index in [1.54, 1.807) is 0 Å². The third-order valence-corrected chi connectivity index (χ3v) is 5.96. The molecule has 1 N–H and O–H groups in total. The summed E-state index contributed by atoms with van der Waals surface area (Å²) in [5.41, 5.74) is 6.30. The molecule has 0 amide bonds. The third kappa shape index (κ3) is 3.54. The SMILES string of the molecule is Cc1ccccc1[C@@H]1CC(=O)c2c(C)nc(Nc3nc(C)c4ccccc4n3)nc2C1. The highest BCUT2D eigenvalue weighted by atomic mass is 16.1. The molecule has 0 radical (unpaired) electrons. The molecular formula is C25H23N5O. The predicted octanol–water partition coefficient (Wildman–Crippen LogP) is 5.00. The largest absolute Gasteiger partial charge is 0.294 e. The van der Waals surface area contributed by atoms with Gasteiger partial charge in [0.25, 0.3) is 0 Å². The van der Waals surface area contributed by atoms with E-state index in [1.165, 1.54) is 11.1 Å². The molecule has 0 spiro atoms. The second-order valence-corrected chi connectivity index (χ2v) is 8.11. The van der Waals surface area contributed by atoms with Crippen molar-refractivity contribution >= 4 is 28.6 Å². The number of benzene rings is 2. The number of nitrogens with zero attached hydrogens (tertiary/aromatic N) is 4. The summed E-state index contributed by atoms with van der Waals surface area (Å²) in [5.74, 6) is 1.11. The lowest BCUT2D eigenvalue weighted by Gasteiger charge is -2.25. The molecule has 1 aliphatic carbocycles. The van der Waals surface area contributed by atoms with Gasteiger partial charge in [-0.1, -0.05) is 42.5 Å². The minimum Gasteiger partial charge on any atom is -0.294 e. The number of hydrogen-bond donors (Lipinski definition) is 1. The van der Waals surface area contributed by atoms with Crippen LogP contribution >= 0.6 is 0 Å². The lowest BCUT2D eigenvalue weighted by Crippen LogP contribution is -2.23. The standard InChI is InChI=1S/C25H23N5O/c1-14-8-4-5-9-18(14)17-12-21-23(22(31)13-17)16(3)27-25(29-21)30-24-26-15(2)19-10-6-7-11-20(19)28-24/h4-11,17H,12-13H2,1-3H3,(H,26,27,28,29,30)/t17-/m0/s1. The molecule has 2 aromatic carbocycles. The quantitative estimate of drug-likeness (QED) is 0.513. The van der Waals surface area contributed by atoms with E-state index in [9.17, 15) is 4.79 Å². The summed E-state index contributed by atoms with van der Waals surface area (Å²) in [4.78, 5) is 31.3. The van der Waals surface area contributed by atoms with Crippen LogP contribution in [0.25, 0.3) is 10.9 Å². The molecular weight excluding hydrogens is 386 g/mol. The Bertz CT molecular complexity index is 1330. The number of carbonyl (C=O) groups is 1. The van der Waals surface area contributed by atoms with Gasteiger partial charge < -0.3 is 0 Å². The summed E-state index contributed by atoms with van der Waals surface area (Å²) >= 11 is 0. The lowest BCUT2D eigenvalue weighted by molar-refractivity contribution is 0.0962. The molecule has 154 valence electrons. The summed E-state index contributed by atoms with van der Waals surface area (Å²) in [6.07, 6.45) is 1.20. The van der Waals surface area contributed by atoms with Gasteiger partial charge in [0.05, 0.1) is 28.2 Å². The summed E-state index contributed by atoms with van der Waals surface area (Å²) in [5, 5.41) is 4.17. The predicted molar refractivity (Wildman–Crippen MR) is 121 cm³/mol. The van der Waals surface area contributed by atoms with E-state index >= 15 is 0 Å². The number of aromatic nitrogens is 4. The number of fused-ring (bicyclic) bond motifs is 2. The molecule has 0 aliphatic heterocycles. The molecule has 0 bridgehead atoms. The smallest absolute Gasteiger partial charge is 0.230 e. The van der Waals surface area contributed by atoms with E-state index < -0.39 is 0 Å². The zero-order valence-corrected chi connectivity index (χ0v) is 17.8. The van der Waals surface area contributed by atoms with Gasteiger partial charge in [0.2, 0.25) is 11.9 Å².